The molecule has 81 heavy (non-hydrogen) atoms. The molecule has 0 bridgehead atoms. The third-order valence-electron chi connectivity index (χ3n) is 15.1. The summed E-state index contributed by atoms with van der Waals surface area (Å²) < 4.78 is 28.6. The highest BCUT2D eigenvalue weighted by Gasteiger charge is 2.50. The number of hydrogen-bond acceptors (Lipinski definition) is 11. The molecule has 1 saturated heterocycles. The molecule has 6 atom stereocenters. The van der Waals surface area contributed by atoms with Gasteiger partial charge in [0.05, 0.1) is 6.61 Å². The first-order valence-corrected chi connectivity index (χ1v) is 33.3. The molecular formula is C69H120O12. The molecule has 3 N–H and O–H groups in total. The SMILES string of the molecule is CC/C=C\C/C=C\C/C=C\CCCCCCCCCC(=O)OCC(COC1OC(C(=O)O)C(O)C(O)C1OC(=O)CCCCCCCCCCCCCCCCCCC)OC(=O)CCCCCCCCC/C=C\C/C=C\CCCCC. The lowest BCUT2D eigenvalue weighted by molar-refractivity contribution is -0.301. The number of ether oxygens (including phenoxy) is 5. The predicted octanol–water partition coefficient (Wildman–Crippen LogP) is 17.9. The summed E-state index contributed by atoms with van der Waals surface area (Å²) in [5.74, 6) is -3.12. The van der Waals surface area contributed by atoms with Gasteiger partial charge in [0.2, 0.25) is 0 Å². The number of carbonyl (C=O) groups is 4. The number of carboxylic acid groups (broad SMARTS) is 1. The lowest BCUT2D eigenvalue weighted by atomic mass is 9.98. The van der Waals surface area contributed by atoms with Gasteiger partial charge in [-0.1, -0.05) is 261 Å². The van der Waals surface area contributed by atoms with Crippen molar-refractivity contribution in [1.29, 1.82) is 0 Å². The van der Waals surface area contributed by atoms with Gasteiger partial charge in [0.25, 0.3) is 0 Å². The van der Waals surface area contributed by atoms with Crippen LogP contribution in [0.4, 0.5) is 0 Å². The average Bonchev–Trinajstić information content (AvgIpc) is 3.53. The molecule has 468 valence electrons. The Morgan fingerprint density at radius 2 is 0.778 bits per heavy atom. The summed E-state index contributed by atoms with van der Waals surface area (Å²) in [4.78, 5) is 51.4. The molecule has 1 fully saturated rings. The van der Waals surface area contributed by atoms with Gasteiger partial charge in [-0.05, 0) is 83.5 Å². The van der Waals surface area contributed by atoms with E-state index in [0.29, 0.717) is 19.3 Å². The summed E-state index contributed by atoms with van der Waals surface area (Å²) in [5, 5.41) is 31.6. The number of allylic oxidation sites excluding steroid dienone is 10. The fourth-order valence-electron chi connectivity index (χ4n) is 10.0. The van der Waals surface area contributed by atoms with Crippen LogP contribution in [-0.2, 0) is 42.9 Å². The first-order valence-electron chi connectivity index (χ1n) is 33.3. The van der Waals surface area contributed by atoms with Crippen molar-refractivity contribution < 1.29 is 58.2 Å². The predicted molar refractivity (Wildman–Crippen MR) is 331 cm³/mol. The van der Waals surface area contributed by atoms with Crippen LogP contribution in [0.1, 0.15) is 303 Å². The van der Waals surface area contributed by atoms with Crippen molar-refractivity contribution in [2.24, 2.45) is 0 Å². The molecule has 1 aliphatic rings. The number of aliphatic hydroxyl groups is 2. The van der Waals surface area contributed by atoms with E-state index in [0.717, 1.165) is 122 Å². The standard InChI is InChI=1S/C69H120O12/c1-4-7-10-13-16-19-22-25-28-31-34-37-40-43-46-49-52-55-61(70)77-58-60(79-62(71)56-53-50-47-44-41-38-35-32-29-26-23-20-17-14-11-8-5-2)59-78-69-67(65(74)64(73)66(81-69)68(75)76)80-63(72)57-54-51-48-45-42-39-36-33-30-27-24-21-18-15-12-9-6-3/h7,10,16-17,19-20,25-26,28-29,60,64-67,69,73-74H,4-6,8-9,11-15,18,21-24,27,30-59H2,1-3H3,(H,75,76)/b10-7-,19-16-,20-17-,28-25-,29-26-. The van der Waals surface area contributed by atoms with Gasteiger partial charge >= 0.3 is 23.9 Å². The summed E-state index contributed by atoms with van der Waals surface area (Å²) in [6.07, 6.45) is 58.8. The molecule has 0 amide bonds. The van der Waals surface area contributed by atoms with Gasteiger partial charge in [-0.15, -0.1) is 0 Å². The highest BCUT2D eigenvalue weighted by Crippen LogP contribution is 2.27. The number of carbonyl (C=O) groups excluding carboxylic acids is 3. The minimum absolute atomic E-state index is 0.0621. The Balaban J connectivity index is 2.65. The molecule has 12 heteroatoms. The number of carboxylic acids is 1. The topological polar surface area (TPSA) is 175 Å². The second-order valence-electron chi connectivity index (χ2n) is 22.7. The summed E-state index contributed by atoms with van der Waals surface area (Å²) in [5.41, 5.74) is 0. The minimum atomic E-state index is -1.90. The van der Waals surface area contributed by atoms with E-state index in [1.165, 1.54) is 122 Å². The van der Waals surface area contributed by atoms with Crippen molar-refractivity contribution in [3.63, 3.8) is 0 Å². The van der Waals surface area contributed by atoms with Crippen LogP contribution in [0.3, 0.4) is 0 Å². The fourth-order valence-corrected chi connectivity index (χ4v) is 10.0. The second kappa shape index (κ2) is 56.9. The number of aliphatic hydroxyl groups excluding tert-OH is 2. The van der Waals surface area contributed by atoms with Crippen LogP contribution in [0.5, 0.6) is 0 Å². The number of esters is 3. The van der Waals surface area contributed by atoms with Gasteiger partial charge < -0.3 is 39.0 Å². The lowest BCUT2D eigenvalue weighted by Crippen LogP contribution is -2.61. The van der Waals surface area contributed by atoms with Crippen LogP contribution in [0.2, 0.25) is 0 Å². The highest BCUT2D eigenvalue weighted by atomic mass is 16.7. The molecule has 1 heterocycles. The van der Waals surface area contributed by atoms with Crippen molar-refractivity contribution in [2.45, 2.75) is 340 Å². The molecular weight excluding hydrogens is 1020 g/mol. The molecule has 0 aromatic heterocycles. The highest BCUT2D eigenvalue weighted by molar-refractivity contribution is 5.74. The van der Waals surface area contributed by atoms with Crippen molar-refractivity contribution in [3.8, 4) is 0 Å². The van der Waals surface area contributed by atoms with Gasteiger partial charge in [0, 0.05) is 19.3 Å². The second-order valence-corrected chi connectivity index (χ2v) is 22.7. The van der Waals surface area contributed by atoms with Crippen molar-refractivity contribution >= 4 is 23.9 Å². The number of aliphatic carboxylic acids is 1. The van der Waals surface area contributed by atoms with Crippen LogP contribution in [0.25, 0.3) is 0 Å². The first kappa shape index (κ1) is 75.4. The quantitative estimate of drug-likeness (QED) is 0.0228. The Morgan fingerprint density at radius 3 is 1.21 bits per heavy atom. The third-order valence-corrected chi connectivity index (χ3v) is 15.1. The molecule has 6 unspecified atom stereocenters. The molecule has 0 aromatic rings. The molecule has 0 aliphatic carbocycles. The Kier molecular flexibility index (Phi) is 53.0. The average molecular weight is 1140 g/mol. The van der Waals surface area contributed by atoms with E-state index in [1.807, 2.05) is 0 Å². The monoisotopic (exact) mass is 1140 g/mol. The van der Waals surface area contributed by atoms with E-state index in [-0.39, 0.29) is 25.9 Å². The van der Waals surface area contributed by atoms with Gasteiger partial charge in [-0.2, -0.15) is 0 Å². The minimum Gasteiger partial charge on any atom is -0.479 e. The first-order chi connectivity index (χ1) is 39.6. The van der Waals surface area contributed by atoms with E-state index in [1.54, 1.807) is 0 Å². The van der Waals surface area contributed by atoms with E-state index < -0.39 is 67.3 Å². The molecule has 0 aromatic carbocycles. The van der Waals surface area contributed by atoms with Gasteiger partial charge in [0.1, 0.15) is 18.8 Å². The fraction of sp³-hybridized carbons (Fsp3) is 0.797. The maximum absolute atomic E-state index is 13.2. The van der Waals surface area contributed by atoms with Crippen LogP contribution in [0.15, 0.2) is 60.8 Å². The van der Waals surface area contributed by atoms with Crippen molar-refractivity contribution in [1.82, 2.24) is 0 Å². The zero-order valence-corrected chi connectivity index (χ0v) is 51.8. The van der Waals surface area contributed by atoms with Crippen LogP contribution in [-0.4, -0.2) is 89.2 Å². The summed E-state index contributed by atoms with van der Waals surface area (Å²) >= 11 is 0. The van der Waals surface area contributed by atoms with Crippen LogP contribution in [0, 0.1) is 0 Å². The lowest BCUT2D eigenvalue weighted by Gasteiger charge is -2.40. The van der Waals surface area contributed by atoms with Crippen molar-refractivity contribution in [2.75, 3.05) is 13.2 Å². The van der Waals surface area contributed by atoms with Crippen molar-refractivity contribution in [3.05, 3.63) is 60.8 Å². The zero-order chi connectivity index (χ0) is 58.9. The van der Waals surface area contributed by atoms with Gasteiger partial charge in [0.15, 0.2) is 24.6 Å². The molecule has 1 rings (SSSR count). The maximum atomic E-state index is 13.2. The Hall–Kier alpha value is -3.58. The normalized spacial score (nSPS) is 18.1. The van der Waals surface area contributed by atoms with Gasteiger partial charge in [-0.25, -0.2) is 4.79 Å². The Bertz CT molecular complexity index is 1640. The molecule has 0 spiro atoms. The smallest absolute Gasteiger partial charge is 0.335 e. The summed E-state index contributed by atoms with van der Waals surface area (Å²) in [6.45, 7) is 5.89. The number of rotatable bonds is 57. The number of unbranched alkanes of at least 4 members (excludes halogenated alkanes) is 33. The van der Waals surface area contributed by atoms with E-state index >= 15 is 0 Å². The Morgan fingerprint density at radius 1 is 0.420 bits per heavy atom. The van der Waals surface area contributed by atoms with E-state index in [4.69, 9.17) is 23.7 Å². The summed E-state index contributed by atoms with van der Waals surface area (Å²) in [7, 11) is 0. The number of hydrogen-bond donors (Lipinski definition) is 3. The largest absolute Gasteiger partial charge is 0.479 e. The third kappa shape index (κ3) is 46.5. The maximum Gasteiger partial charge on any atom is 0.335 e. The van der Waals surface area contributed by atoms with E-state index in [2.05, 4.69) is 81.5 Å². The van der Waals surface area contributed by atoms with Crippen LogP contribution >= 0.6 is 0 Å². The van der Waals surface area contributed by atoms with E-state index in [9.17, 15) is 34.5 Å². The van der Waals surface area contributed by atoms with Crippen LogP contribution < -0.4 is 0 Å². The molecule has 12 nitrogen and oxygen atoms in total. The van der Waals surface area contributed by atoms with Gasteiger partial charge in [-0.3, -0.25) is 14.4 Å². The molecule has 0 radical (unpaired) electrons. The summed E-state index contributed by atoms with van der Waals surface area (Å²) in [6, 6.07) is 0. The Labute approximate surface area is 494 Å². The zero-order valence-electron chi connectivity index (χ0n) is 51.8. The molecule has 0 saturated carbocycles. The molecule has 1 aliphatic heterocycles.